The third-order valence-corrected chi connectivity index (χ3v) is 4.23. The molecule has 0 unspecified atom stereocenters. The molecule has 0 saturated carbocycles. The van der Waals surface area contributed by atoms with Crippen molar-refractivity contribution in [3.63, 3.8) is 0 Å². The molecule has 1 amide bonds. The average Bonchev–Trinajstić information content (AvgIpc) is 3.20. The van der Waals surface area contributed by atoms with Crippen LogP contribution >= 0.6 is 24.0 Å². The summed E-state index contributed by atoms with van der Waals surface area (Å²) in [6.45, 7) is 9.49. The molecule has 0 aliphatic heterocycles. The van der Waals surface area contributed by atoms with Crippen molar-refractivity contribution in [1.29, 1.82) is 0 Å². The summed E-state index contributed by atoms with van der Waals surface area (Å²) >= 11 is 0. The Morgan fingerprint density at radius 2 is 1.75 bits per heavy atom. The number of carbonyl (C=O) groups is 1. The largest absolute Gasteiger partial charge is 0.444 e. The molecule has 1 aromatic carbocycles. The van der Waals surface area contributed by atoms with Gasteiger partial charge in [-0.1, -0.05) is 24.2 Å². The van der Waals surface area contributed by atoms with Crippen molar-refractivity contribution < 1.29 is 14.1 Å². The number of aryl methyl sites for hydroxylation is 1. The number of ether oxygens (including phenoxy) is 1. The van der Waals surface area contributed by atoms with E-state index in [1.165, 1.54) is 5.56 Å². The van der Waals surface area contributed by atoms with Crippen LogP contribution < -0.4 is 16.0 Å². The number of hydrogen-bond donors (Lipinski definition) is 3. The van der Waals surface area contributed by atoms with E-state index < -0.39 is 11.7 Å². The van der Waals surface area contributed by atoms with Gasteiger partial charge in [0.15, 0.2) is 11.8 Å². The van der Waals surface area contributed by atoms with Crippen LogP contribution in [0.3, 0.4) is 0 Å². The lowest BCUT2D eigenvalue weighted by Crippen LogP contribution is -2.40. The Bertz CT molecular complexity index is 846. The van der Waals surface area contributed by atoms with E-state index in [1.54, 1.807) is 7.05 Å². The predicted molar refractivity (Wildman–Crippen MR) is 136 cm³/mol. The third-order valence-electron chi connectivity index (χ3n) is 4.23. The van der Waals surface area contributed by atoms with Crippen molar-refractivity contribution in [2.45, 2.75) is 52.6 Å². The Hall–Kier alpha value is -2.37. The predicted octanol–water partition coefficient (Wildman–Crippen LogP) is 3.54. The van der Waals surface area contributed by atoms with E-state index >= 15 is 0 Å². The molecule has 0 atom stereocenters. The number of nitrogens with one attached hydrogen (secondary N) is 3. The number of aromatic nitrogens is 2. The molecule has 0 bridgehead atoms. The molecule has 10 heteroatoms. The number of benzene rings is 1. The van der Waals surface area contributed by atoms with Gasteiger partial charge < -0.3 is 25.2 Å². The van der Waals surface area contributed by atoms with Crippen molar-refractivity contribution >= 4 is 36.0 Å². The highest BCUT2D eigenvalue weighted by Crippen LogP contribution is 2.18. The number of aliphatic imine (C=N–C) groups is 1. The van der Waals surface area contributed by atoms with Crippen molar-refractivity contribution in [3.05, 3.63) is 35.7 Å². The van der Waals surface area contributed by atoms with Gasteiger partial charge in [0.25, 0.3) is 5.89 Å². The molecule has 1 heterocycles. The summed E-state index contributed by atoms with van der Waals surface area (Å²) in [5.74, 6) is 1.99. The van der Waals surface area contributed by atoms with Gasteiger partial charge in [0.05, 0.1) is 0 Å². The van der Waals surface area contributed by atoms with Gasteiger partial charge in [-0.2, -0.15) is 4.98 Å². The normalized spacial score (nSPS) is 11.5. The van der Waals surface area contributed by atoms with Crippen molar-refractivity contribution in [3.8, 4) is 11.5 Å². The van der Waals surface area contributed by atoms with Gasteiger partial charge in [0, 0.05) is 38.7 Å². The van der Waals surface area contributed by atoms with E-state index in [0.29, 0.717) is 24.8 Å². The molecule has 0 fully saturated rings. The maximum Gasteiger partial charge on any atom is 0.407 e. The van der Waals surface area contributed by atoms with Crippen LogP contribution in [0.2, 0.25) is 0 Å². The zero-order valence-electron chi connectivity index (χ0n) is 19.5. The van der Waals surface area contributed by atoms with Crippen molar-refractivity contribution in [2.24, 2.45) is 4.99 Å². The first-order valence-corrected chi connectivity index (χ1v) is 10.6. The van der Waals surface area contributed by atoms with Crippen LogP contribution in [0.25, 0.3) is 11.5 Å². The zero-order chi connectivity index (χ0) is 22.7. The lowest BCUT2D eigenvalue weighted by molar-refractivity contribution is 0.0527. The number of carbonyl (C=O) groups excluding carboxylic acids is 1. The molecule has 2 aromatic rings. The zero-order valence-corrected chi connectivity index (χ0v) is 21.9. The minimum absolute atomic E-state index is 0. The molecule has 0 saturated heterocycles. The number of hydrogen-bond acceptors (Lipinski definition) is 6. The van der Waals surface area contributed by atoms with Gasteiger partial charge in [0.2, 0.25) is 0 Å². The van der Waals surface area contributed by atoms with Gasteiger partial charge in [-0.25, -0.2) is 4.79 Å². The van der Waals surface area contributed by atoms with E-state index in [4.69, 9.17) is 9.26 Å². The lowest BCUT2D eigenvalue weighted by atomic mass is 10.1. The summed E-state index contributed by atoms with van der Waals surface area (Å²) in [7, 11) is 1.73. The maximum atomic E-state index is 11.6. The SMILES string of the molecule is CCc1noc(-c2ccc(CCNC(=NC)NCCCNC(=O)OC(C)(C)C)cc2)n1.I. The van der Waals surface area contributed by atoms with Gasteiger partial charge in [-0.05, 0) is 51.3 Å². The summed E-state index contributed by atoms with van der Waals surface area (Å²) < 4.78 is 10.5. The summed E-state index contributed by atoms with van der Waals surface area (Å²) in [4.78, 5) is 20.2. The third kappa shape index (κ3) is 10.3. The summed E-state index contributed by atoms with van der Waals surface area (Å²) in [6.07, 6.45) is 1.97. The first-order valence-electron chi connectivity index (χ1n) is 10.6. The number of amides is 1. The Labute approximate surface area is 207 Å². The summed E-state index contributed by atoms with van der Waals surface area (Å²) in [5, 5.41) is 13.2. The molecule has 9 nitrogen and oxygen atoms in total. The molecule has 0 spiro atoms. The van der Waals surface area contributed by atoms with E-state index in [2.05, 4.69) is 43.2 Å². The minimum atomic E-state index is -0.486. The smallest absolute Gasteiger partial charge is 0.407 e. The van der Waals surface area contributed by atoms with Crippen LogP contribution in [0.4, 0.5) is 4.79 Å². The summed E-state index contributed by atoms with van der Waals surface area (Å²) in [6, 6.07) is 8.11. The Morgan fingerprint density at radius 3 is 2.34 bits per heavy atom. The first kappa shape index (κ1) is 27.7. The molecule has 178 valence electrons. The fourth-order valence-corrected chi connectivity index (χ4v) is 2.67. The molecule has 0 aliphatic rings. The van der Waals surface area contributed by atoms with Crippen molar-refractivity contribution in [2.75, 3.05) is 26.7 Å². The van der Waals surface area contributed by atoms with Crippen LogP contribution in [0.15, 0.2) is 33.8 Å². The molecule has 32 heavy (non-hydrogen) atoms. The molecule has 3 N–H and O–H groups in total. The van der Waals surface area contributed by atoms with E-state index in [9.17, 15) is 4.79 Å². The van der Waals surface area contributed by atoms with Gasteiger partial charge in [0.1, 0.15) is 5.60 Å². The first-order chi connectivity index (χ1) is 14.8. The van der Waals surface area contributed by atoms with Crippen LogP contribution in [0.1, 0.15) is 45.5 Å². The molecule has 0 aliphatic carbocycles. The lowest BCUT2D eigenvalue weighted by Gasteiger charge is -2.19. The van der Waals surface area contributed by atoms with Crippen LogP contribution in [-0.4, -0.2) is 54.5 Å². The Kier molecular flexibility index (Phi) is 12.0. The second-order valence-electron chi connectivity index (χ2n) is 8.02. The fourth-order valence-electron chi connectivity index (χ4n) is 2.67. The molecular formula is C22H35IN6O3. The quantitative estimate of drug-likeness (QED) is 0.187. The molecule has 2 rings (SSSR count). The Balaban J connectivity index is 0.00000512. The summed E-state index contributed by atoms with van der Waals surface area (Å²) in [5.41, 5.74) is 1.63. The second kappa shape index (κ2) is 13.9. The minimum Gasteiger partial charge on any atom is -0.444 e. The van der Waals surface area contributed by atoms with Crippen LogP contribution in [0.5, 0.6) is 0 Å². The highest BCUT2D eigenvalue weighted by atomic mass is 127. The molecule has 1 aromatic heterocycles. The average molecular weight is 558 g/mol. The number of halogens is 1. The number of guanidine groups is 1. The second-order valence-corrected chi connectivity index (χ2v) is 8.02. The Morgan fingerprint density at radius 1 is 1.09 bits per heavy atom. The topological polar surface area (TPSA) is 114 Å². The molecular weight excluding hydrogens is 523 g/mol. The van der Waals surface area contributed by atoms with Crippen LogP contribution in [0, 0.1) is 0 Å². The fraction of sp³-hybridized carbons (Fsp3) is 0.545. The highest BCUT2D eigenvalue weighted by Gasteiger charge is 2.15. The van der Waals surface area contributed by atoms with E-state index in [1.807, 2.05) is 39.8 Å². The van der Waals surface area contributed by atoms with Gasteiger partial charge in [-0.15, -0.1) is 24.0 Å². The van der Waals surface area contributed by atoms with E-state index in [0.717, 1.165) is 37.3 Å². The van der Waals surface area contributed by atoms with E-state index in [-0.39, 0.29) is 24.0 Å². The highest BCUT2D eigenvalue weighted by molar-refractivity contribution is 14.0. The monoisotopic (exact) mass is 558 g/mol. The van der Waals surface area contributed by atoms with Gasteiger partial charge in [-0.3, -0.25) is 4.99 Å². The van der Waals surface area contributed by atoms with Crippen LogP contribution in [-0.2, 0) is 17.6 Å². The number of rotatable bonds is 9. The number of alkyl carbamates (subject to hydrolysis) is 1. The van der Waals surface area contributed by atoms with Crippen molar-refractivity contribution in [1.82, 2.24) is 26.1 Å². The maximum absolute atomic E-state index is 11.6. The van der Waals surface area contributed by atoms with Gasteiger partial charge >= 0.3 is 6.09 Å². The number of nitrogens with zero attached hydrogens (tertiary/aromatic N) is 3. The standard InChI is InChI=1S/C22H34N6O3.HI/c1-6-18-27-19(31-28-18)17-10-8-16(9-11-17)12-15-25-20(23-5)24-13-7-14-26-21(29)30-22(2,3)4;/h8-11H,6-7,12-15H2,1-5H3,(H,26,29)(H2,23,24,25);1H. The molecule has 0 radical (unpaired) electrons.